The molecule has 82 valence electrons. The summed E-state index contributed by atoms with van der Waals surface area (Å²) in [6, 6.07) is 5.17. The van der Waals surface area contributed by atoms with Crippen molar-refractivity contribution in [3.8, 4) is 5.69 Å². The van der Waals surface area contributed by atoms with Gasteiger partial charge in [-0.2, -0.15) is 0 Å². The molecule has 0 spiro atoms. The Morgan fingerprint density at radius 1 is 1.19 bits per heavy atom. The molecule has 0 unspecified atom stereocenters. The zero-order valence-electron chi connectivity index (χ0n) is 8.00. The first-order valence-electron chi connectivity index (χ1n) is 4.39. The molecule has 5 nitrogen and oxygen atoms in total. The highest BCUT2D eigenvalue weighted by Gasteiger charge is 2.09. The van der Waals surface area contributed by atoms with Crippen LogP contribution in [0.5, 0.6) is 0 Å². The largest absolute Gasteiger partial charge is 0.464 e. The third kappa shape index (κ3) is 1.60. The lowest BCUT2D eigenvalue weighted by Crippen LogP contribution is -2.27. The fraction of sp³-hybridized carbons (Fsp3) is 0. The van der Waals surface area contributed by atoms with Crippen LogP contribution in [0.1, 0.15) is 0 Å². The van der Waals surface area contributed by atoms with Gasteiger partial charge in [0.25, 0.3) is 0 Å². The summed E-state index contributed by atoms with van der Waals surface area (Å²) in [6.45, 7) is 0. The number of rotatable bonds is 1. The first-order valence-corrected chi connectivity index (χ1v) is 4.39. The highest BCUT2D eigenvalue weighted by molar-refractivity contribution is 5.67. The molecule has 16 heavy (non-hydrogen) atoms. The number of benzene rings is 1. The monoisotopic (exact) mass is 222 g/mol. The van der Waals surface area contributed by atoms with E-state index in [-0.39, 0.29) is 0 Å². The molecule has 2 aromatic rings. The second-order valence-corrected chi connectivity index (χ2v) is 3.08. The molecule has 1 aromatic heterocycles. The number of imidazole rings is 1. The second kappa shape index (κ2) is 3.65. The maximum atomic E-state index is 12.6. The Hall–Kier alpha value is -2.37. The van der Waals surface area contributed by atoms with E-state index in [0.717, 1.165) is 10.8 Å². The number of carbonyl (C=O) groups is 1. The van der Waals surface area contributed by atoms with Crippen molar-refractivity contribution < 1.29 is 14.3 Å². The second-order valence-electron chi connectivity index (χ2n) is 3.08. The molecule has 0 fully saturated rings. The molecule has 0 saturated heterocycles. The Bertz CT molecular complexity index is 583. The zero-order valence-corrected chi connectivity index (χ0v) is 8.00. The first kappa shape index (κ1) is 10.2. The van der Waals surface area contributed by atoms with Crippen molar-refractivity contribution >= 4 is 6.09 Å². The van der Waals surface area contributed by atoms with Crippen molar-refractivity contribution in [3.63, 3.8) is 0 Å². The van der Waals surface area contributed by atoms with Crippen LogP contribution in [0.15, 0.2) is 41.5 Å². The van der Waals surface area contributed by atoms with Crippen LogP contribution in [0.2, 0.25) is 0 Å². The minimum Gasteiger partial charge on any atom is -0.464 e. The maximum Gasteiger partial charge on any atom is 0.419 e. The lowest BCUT2D eigenvalue weighted by molar-refractivity contribution is 0.195. The summed E-state index contributed by atoms with van der Waals surface area (Å²) in [6.07, 6.45) is 1.09. The van der Waals surface area contributed by atoms with Crippen LogP contribution in [-0.2, 0) is 0 Å². The fourth-order valence-corrected chi connectivity index (χ4v) is 1.32. The topological polar surface area (TPSA) is 64.2 Å². The smallest absolute Gasteiger partial charge is 0.419 e. The number of nitrogens with zero attached hydrogens (tertiary/aromatic N) is 2. The highest BCUT2D eigenvalue weighted by atomic mass is 19.1. The van der Waals surface area contributed by atoms with Crippen LogP contribution in [0.3, 0.4) is 0 Å². The van der Waals surface area contributed by atoms with Crippen LogP contribution in [0.25, 0.3) is 5.69 Å². The average molecular weight is 222 g/mol. The van der Waals surface area contributed by atoms with Gasteiger partial charge in [-0.05, 0) is 24.3 Å². The zero-order chi connectivity index (χ0) is 11.7. The van der Waals surface area contributed by atoms with E-state index < -0.39 is 17.6 Å². The van der Waals surface area contributed by atoms with Crippen molar-refractivity contribution in [1.82, 2.24) is 9.13 Å². The van der Waals surface area contributed by atoms with Gasteiger partial charge in [0.2, 0.25) is 0 Å². The van der Waals surface area contributed by atoms with Gasteiger partial charge >= 0.3 is 11.8 Å². The van der Waals surface area contributed by atoms with Crippen LogP contribution in [0, 0.1) is 5.82 Å². The standard InChI is InChI=1S/C10H7FN2O3/c11-7-1-3-8(4-2-7)12-5-6-13(9(12)14)10(15)16/h1-6H,(H,15,16). The Morgan fingerprint density at radius 2 is 1.81 bits per heavy atom. The molecule has 0 aliphatic heterocycles. The van der Waals surface area contributed by atoms with E-state index in [2.05, 4.69) is 0 Å². The van der Waals surface area contributed by atoms with E-state index in [9.17, 15) is 14.0 Å². The minimum absolute atomic E-state index is 0.409. The summed E-state index contributed by atoms with van der Waals surface area (Å²) in [5.41, 5.74) is -0.300. The average Bonchev–Trinajstić information content (AvgIpc) is 2.61. The maximum absolute atomic E-state index is 12.6. The van der Waals surface area contributed by atoms with E-state index >= 15 is 0 Å². The Morgan fingerprint density at radius 3 is 2.31 bits per heavy atom. The van der Waals surface area contributed by atoms with Gasteiger partial charge in [0.05, 0.1) is 5.69 Å². The molecule has 1 N–H and O–H groups in total. The molecule has 0 aliphatic rings. The molecule has 0 bridgehead atoms. The van der Waals surface area contributed by atoms with Crippen LogP contribution in [0.4, 0.5) is 9.18 Å². The number of carboxylic acid groups (broad SMARTS) is 1. The number of hydrogen-bond acceptors (Lipinski definition) is 2. The Kier molecular flexibility index (Phi) is 2.32. The minimum atomic E-state index is -1.36. The Balaban J connectivity index is 2.53. The molecule has 0 amide bonds. The third-order valence-corrected chi connectivity index (χ3v) is 2.09. The van der Waals surface area contributed by atoms with E-state index in [1.54, 1.807) is 0 Å². The van der Waals surface area contributed by atoms with Gasteiger partial charge < -0.3 is 5.11 Å². The number of aromatic nitrogens is 2. The van der Waals surface area contributed by atoms with Gasteiger partial charge in [-0.3, -0.25) is 4.57 Å². The van der Waals surface area contributed by atoms with E-state index in [1.165, 1.54) is 30.5 Å². The summed E-state index contributed by atoms with van der Waals surface area (Å²) in [5, 5.41) is 8.66. The van der Waals surface area contributed by atoms with Crippen molar-refractivity contribution in [1.29, 1.82) is 0 Å². The SMILES string of the molecule is O=C(O)n1ccn(-c2ccc(F)cc2)c1=O. The van der Waals surface area contributed by atoms with Crippen molar-refractivity contribution in [2.24, 2.45) is 0 Å². The molecule has 0 radical (unpaired) electrons. The lowest BCUT2D eigenvalue weighted by atomic mass is 10.3. The summed E-state index contributed by atoms with van der Waals surface area (Å²) in [7, 11) is 0. The van der Waals surface area contributed by atoms with Gasteiger partial charge in [-0.15, -0.1) is 0 Å². The molecule has 0 aliphatic carbocycles. The van der Waals surface area contributed by atoms with E-state index in [0.29, 0.717) is 10.3 Å². The molecule has 6 heteroatoms. The Labute approximate surface area is 89.0 Å². The van der Waals surface area contributed by atoms with Gasteiger partial charge in [0.15, 0.2) is 0 Å². The number of hydrogen-bond donors (Lipinski definition) is 1. The molecule has 1 aromatic carbocycles. The molecular weight excluding hydrogens is 215 g/mol. The summed E-state index contributed by atoms with van der Waals surface area (Å²) in [5.74, 6) is -0.422. The van der Waals surface area contributed by atoms with Gasteiger partial charge in [0.1, 0.15) is 5.82 Å². The predicted molar refractivity (Wildman–Crippen MR) is 53.4 cm³/mol. The highest BCUT2D eigenvalue weighted by Crippen LogP contribution is 2.06. The molecule has 0 saturated carbocycles. The third-order valence-electron chi connectivity index (χ3n) is 2.09. The van der Waals surface area contributed by atoms with Crippen molar-refractivity contribution in [3.05, 3.63) is 53.0 Å². The van der Waals surface area contributed by atoms with Gasteiger partial charge in [-0.1, -0.05) is 0 Å². The number of halogens is 1. The van der Waals surface area contributed by atoms with Crippen LogP contribution in [-0.4, -0.2) is 20.3 Å². The predicted octanol–water partition coefficient (Wildman–Crippen LogP) is 1.30. The fourth-order valence-electron chi connectivity index (χ4n) is 1.32. The molecule has 1 heterocycles. The summed E-state index contributed by atoms with van der Waals surface area (Å²) >= 11 is 0. The van der Waals surface area contributed by atoms with E-state index in [1.807, 2.05) is 0 Å². The lowest BCUT2D eigenvalue weighted by Gasteiger charge is -1.99. The molecular formula is C10H7FN2O3. The summed E-state index contributed by atoms with van der Waals surface area (Å²) in [4.78, 5) is 22.2. The van der Waals surface area contributed by atoms with E-state index in [4.69, 9.17) is 5.11 Å². The first-order chi connectivity index (χ1) is 7.59. The van der Waals surface area contributed by atoms with Crippen molar-refractivity contribution in [2.75, 3.05) is 0 Å². The van der Waals surface area contributed by atoms with Gasteiger partial charge in [-0.25, -0.2) is 18.5 Å². The quantitative estimate of drug-likeness (QED) is 0.791. The molecule has 2 rings (SSSR count). The van der Waals surface area contributed by atoms with Crippen molar-refractivity contribution in [2.45, 2.75) is 0 Å². The summed E-state index contributed by atoms with van der Waals surface area (Å²) < 4.78 is 14.3. The molecule has 0 atom stereocenters. The van der Waals surface area contributed by atoms with Crippen LogP contribution >= 0.6 is 0 Å². The van der Waals surface area contributed by atoms with Crippen LogP contribution < -0.4 is 5.69 Å². The normalized spacial score (nSPS) is 10.3. The van der Waals surface area contributed by atoms with Gasteiger partial charge in [0, 0.05) is 12.4 Å².